The number of nitrogens with one attached hydrogen (secondary N) is 1. The lowest BCUT2D eigenvalue weighted by molar-refractivity contribution is -0.383. The highest BCUT2D eigenvalue weighted by atomic mass is 19.1. The minimum atomic E-state index is -0.896. The third-order valence-corrected chi connectivity index (χ3v) is 5.56. The van der Waals surface area contributed by atoms with Gasteiger partial charge in [-0.2, -0.15) is 0 Å². The van der Waals surface area contributed by atoms with E-state index in [4.69, 9.17) is 4.42 Å². The molecule has 0 aliphatic carbocycles. The molecule has 0 saturated carbocycles. The second kappa shape index (κ2) is 8.02. The molecule has 5 rings (SSSR count). The van der Waals surface area contributed by atoms with Crippen LogP contribution in [0, 0.1) is 15.9 Å². The smallest absolute Gasteiger partial charge is 0.315 e. The van der Waals surface area contributed by atoms with Gasteiger partial charge in [0.05, 0.1) is 33.9 Å². The fourth-order valence-electron chi connectivity index (χ4n) is 3.97. The van der Waals surface area contributed by atoms with Crippen LogP contribution in [-0.2, 0) is 19.5 Å². The molecule has 4 aromatic rings. The molecule has 0 spiro atoms. The zero-order chi connectivity index (χ0) is 23.1. The quantitative estimate of drug-likeness (QED) is 0.371. The van der Waals surface area contributed by atoms with Crippen LogP contribution in [0.15, 0.2) is 56.9 Å². The molecule has 1 N–H and O–H groups in total. The van der Waals surface area contributed by atoms with E-state index < -0.39 is 21.9 Å². The number of hydrogen-bond acceptors (Lipinski definition) is 8. The number of nitrogens with zero attached hydrogens (tertiary/aromatic N) is 4. The van der Waals surface area contributed by atoms with Gasteiger partial charge in [0.25, 0.3) is 5.56 Å². The fraction of sp³-hybridized carbons (Fsp3) is 0.182. The Labute approximate surface area is 184 Å². The summed E-state index contributed by atoms with van der Waals surface area (Å²) in [4.78, 5) is 49.2. The van der Waals surface area contributed by atoms with E-state index in [0.29, 0.717) is 41.7 Å². The highest BCUT2D eigenvalue weighted by Gasteiger charge is 2.24. The van der Waals surface area contributed by atoms with Gasteiger partial charge in [-0.15, -0.1) is 0 Å². The van der Waals surface area contributed by atoms with Gasteiger partial charge in [0.15, 0.2) is 5.43 Å². The van der Waals surface area contributed by atoms with Crippen LogP contribution in [0.2, 0.25) is 0 Å². The number of rotatable bonds is 4. The number of aromatic amines is 1. The summed E-state index contributed by atoms with van der Waals surface area (Å²) in [5, 5.41) is 11.0. The molecule has 0 saturated heterocycles. The maximum Gasteiger partial charge on any atom is 0.315 e. The van der Waals surface area contributed by atoms with Crippen LogP contribution in [-0.4, -0.2) is 31.3 Å². The van der Waals surface area contributed by atoms with Crippen molar-refractivity contribution in [3.8, 4) is 11.4 Å². The number of nitro benzene ring substituents is 1. The van der Waals surface area contributed by atoms with Crippen LogP contribution < -0.4 is 11.0 Å². The van der Waals surface area contributed by atoms with Gasteiger partial charge in [-0.25, -0.2) is 9.37 Å². The molecule has 0 radical (unpaired) electrons. The third-order valence-electron chi connectivity index (χ3n) is 5.56. The lowest BCUT2D eigenvalue weighted by atomic mass is 10.1. The normalized spacial score (nSPS) is 13.7. The van der Waals surface area contributed by atoms with Crippen molar-refractivity contribution < 1.29 is 13.7 Å². The van der Waals surface area contributed by atoms with Crippen molar-refractivity contribution in [3.63, 3.8) is 0 Å². The molecule has 1 aliphatic heterocycles. The largest absolute Gasteiger partial charge is 0.456 e. The fourth-order valence-corrected chi connectivity index (χ4v) is 3.97. The summed E-state index contributed by atoms with van der Waals surface area (Å²) < 4.78 is 19.2. The average Bonchev–Trinajstić information content (AvgIpc) is 2.81. The number of hydrogen-bond donors (Lipinski definition) is 1. The number of aromatic nitrogens is 3. The van der Waals surface area contributed by atoms with Crippen LogP contribution in [0.1, 0.15) is 16.8 Å². The van der Waals surface area contributed by atoms with Crippen molar-refractivity contribution in [2.45, 2.75) is 19.5 Å². The number of fused-ring (bicyclic) bond motifs is 2. The first-order valence-corrected chi connectivity index (χ1v) is 10.0. The monoisotopic (exact) mass is 449 g/mol. The molecule has 33 heavy (non-hydrogen) atoms. The van der Waals surface area contributed by atoms with E-state index in [1.807, 2.05) is 4.90 Å². The zero-order valence-corrected chi connectivity index (χ0v) is 17.1. The second-order valence-corrected chi connectivity index (χ2v) is 7.69. The van der Waals surface area contributed by atoms with Crippen molar-refractivity contribution in [3.05, 3.63) is 96.3 Å². The Hall–Kier alpha value is -4.25. The van der Waals surface area contributed by atoms with Gasteiger partial charge in [-0.05, 0) is 18.2 Å². The average molecular weight is 449 g/mol. The van der Waals surface area contributed by atoms with Gasteiger partial charge in [0.1, 0.15) is 11.6 Å². The summed E-state index contributed by atoms with van der Waals surface area (Å²) in [5.74, 6) is -0.452. The first-order chi connectivity index (χ1) is 15.9. The standard InChI is InChI=1S/C22H16FN5O5/c23-14-6-15-19(29)13(11-33-20(15)18(7-14)28(31)32)9-27-5-3-17-16(10-27)22(30)26-21(25-17)12-2-1-4-24-8-12/h1-2,4,6-8,11H,3,5,9-10H2,(H,25,26,30). The van der Waals surface area contributed by atoms with Crippen LogP contribution in [0.5, 0.6) is 0 Å². The summed E-state index contributed by atoms with van der Waals surface area (Å²) in [6.45, 7) is 0.911. The molecular formula is C22H16FN5O5. The van der Waals surface area contributed by atoms with Crippen LogP contribution >= 0.6 is 0 Å². The van der Waals surface area contributed by atoms with Gasteiger partial charge < -0.3 is 9.40 Å². The molecule has 11 heteroatoms. The molecule has 1 aliphatic rings. The summed E-state index contributed by atoms with van der Waals surface area (Å²) in [5.41, 5.74) is 0.385. The molecule has 1 aromatic carbocycles. The Bertz CT molecular complexity index is 1520. The molecule has 0 unspecified atom stereocenters. The lowest BCUT2D eigenvalue weighted by Gasteiger charge is -2.27. The predicted molar refractivity (Wildman–Crippen MR) is 115 cm³/mol. The maximum atomic E-state index is 13.8. The molecule has 0 bridgehead atoms. The molecule has 0 atom stereocenters. The third kappa shape index (κ3) is 3.78. The van der Waals surface area contributed by atoms with Crippen LogP contribution in [0.25, 0.3) is 22.4 Å². The summed E-state index contributed by atoms with van der Waals surface area (Å²) >= 11 is 0. The SMILES string of the molecule is O=c1[nH]c(-c2cccnc2)nc2c1CN(Cc1coc3c([N+](=O)[O-])cc(F)cc3c1=O)CC2. The molecule has 10 nitrogen and oxygen atoms in total. The van der Waals surface area contributed by atoms with Crippen molar-refractivity contribution in [1.29, 1.82) is 0 Å². The number of benzene rings is 1. The Kier molecular flexibility index (Phi) is 5.02. The van der Waals surface area contributed by atoms with Gasteiger partial charge in [0.2, 0.25) is 5.58 Å². The second-order valence-electron chi connectivity index (χ2n) is 7.69. The zero-order valence-electron chi connectivity index (χ0n) is 17.1. The summed E-state index contributed by atoms with van der Waals surface area (Å²) in [7, 11) is 0. The van der Waals surface area contributed by atoms with Crippen LogP contribution in [0.3, 0.4) is 0 Å². The van der Waals surface area contributed by atoms with Crippen molar-refractivity contribution in [2.75, 3.05) is 6.54 Å². The minimum Gasteiger partial charge on any atom is -0.456 e. The van der Waals surface area contributed by atoms with Gasteiger partial charge in [-0.1, -0.05) is 0 Å². The van der Waals surface area contributed by atoms with E-state index in [2.05, 4.69) is 15.0 Å². The van der Waals surface area contributed by atoms with Crippen LogP contribution in [0.4, 0.5) is 10.1 Å². The minimum absolute atomic E-state index is 0.131. The van der Waals surface area contributed by atoms with Crippen molar-refractivity contribution >= 4 is 16.7 Å². The Morgan fingerprint density at radius 1 is 1.30 bits per heavy atom. The van der Waals surface area contributed by atoms with E-state index in [9.17, 15) is 24.1 Å². The Balaban J connectivity index is 1.44. The van der Waals surface area contributed by atoms with E-state index in [-0.39, 0.29) is 35.2 Å². The summed E-state index contributed by atoms with van der Waals surface area (Å²) in [6, 6.07) is 5.20. The van der Waals surface area contributed by atoms with Crippen molar-refractivity contribution in [2.24, 2.45) is 0 Å². The number of non-ortho nitro benzene ring substituents is 1. The first kappa shape index (κ1) is 20.6. The maximum absolute atomic E-state index is 13.8. The summed E-state index contributed by atoms with van der Waals surface area (Å²) in [6.07, 6.45) is 4.89. The molecule has 0 fully saturated rings. The molecule has 166 valence electrons. The highest BCUT2D eigenvalue weighted by molar-refractivity contribution is 5.85. The van der Waals surface area contributed by atoms with E-state index in [1.165, 1.54) is 0 Å². The molecule has 0 amide bonds. The number of H-pyrrole nitrogens is 1. The van der Waals surface area contributed by atoms with Gasteiger partial charge >= 0.3 is 5.69 Å². The number of pyridine rings is 1. The predicted octanol–water partition coefficient (Wildman–Crippen LogP) is 2.54. The first-order valence-electron chi connectivity index (χ1n) is 10.0. The Morgan fingerprint density at radius 3 is 2.91 bits per heavy atom. The highest BCUT2D eigenvalue weighted by Crippen LogP contribution is 2.26. The number of nitro groups is 1. The van der Waals surface area contributed by atoms with E-state index >= 15 is 0 Å². The number of halogens is 1. The van der Waals surface area contributed by atoms with Gasteiger partial charge in [-0.3, -0.25) is 29.6 Å². The lowest BCUT2D eigenvalue weighted by Crippen LogP contribution is -2.36. The molecule has 3 aromatic heterocycles. The molecule has 4 heterocycles. The Morgan fingerprint density at radius 2 is 2.15 bits per heavy atom. The molecular weight excluding hydrogens is 433 g/mol. The topological polar surface area (TPSA) is 135 Å². The van der Waals surface area contributed by atoms with Gasteiger partial charge in [0, 0.05) is 49.6 Å². The van der Waals surface area contributed by atoms with Crippen molar-refractivity contribution in [1.82, 2.24) is 19.9 Å². The van der Waals surface area contributed by atoms with E-state index in [1.54, 1.807) is 24.5 Å². The van der Waals surface area contributed by atoms with E-state index in [0.717, 1.165) is 12.3 Å².